The number of ether oxygens (including phenoxy) is 1. The molecule has 0 saturated carbocycles. The van der Waals surface area contributed by atoms with Gasteiger partial charge in [0.15, 0.2) is 6.61 Å². The highest BCUT2D eigenvalue weighted by atomic mass is 35.5. The van der Waals surface area contributed by atoms with Crippen LogP contribution in [-0.4, -0.2) is 23.0 Å². The number of rotatable bonds is 6. The molecular weight excluding hydrogens is 531 g/mol. The van der Waals surface area contributed by atoms with Crippen LogP contribution in [0.3, 0.4) is 0 Å². The number of aromatic nitrogens is 1. The van der Waals surface area contributed by atoms with Gasteiger partial charge in [0.2, 0.25) is 0 Å². The molecule has 0 spiro atoms. The van der Waals surface area contributed by atoms with Crippen LogP contribution in [0.5, 0.6) is 5.75 Å². The monoisotopic (exact) mass is 553 g/mol. The Labute approximate surface area is 227 Å². The van der Waals surface area contributed by atoms with Crippen molar-refractivity contribution in [1.29, 1.82) is 0 Å². The summed E-state index contributed by atoms with van der Waals surface area (Å²) in [6.45, 7) is 0.293. The lowest BCUT2D eigenvalue weighted by atomic mass is 10.1. The molecule has 10 heteroatoms. The van der Waals surface area contributed by atoms with Gasteiger partial charge in [-0.3, -0.25) is 9.59 Å². The molecule has 0 bridgehead atoms. The zero-order valence-electron chi connectivity index (χ0n) is 20.5. The van der Waals surface area contributed by atoms with E-state index < -0.39 is 17.6 Å². The Balaban J connectivity index is 1.34. The predicted molar refractivity (Wildman–Crippen MR) is 141 cm³/mol. The molecule has 0 atom stereocenters. The largest absolute Gasteiger partial charge is 0.484 e. The highest BCUT2D eigenvalue weighted by molar-refractivity contribution is 6.30. The zero-order valence-corrected chi connectivity index (χ0v) is 21.3. The lowest BCUT2D eigenvalue weighted by Crippen LogP contribution is -2.34. The van der Waals surface area contributed by atoms with E-state index in [1.807, 2.05) is 28.8 Å². The third kappa shape index (κ3) is 5.93. The molecule has 39 heavy (non-hydrogen) atoms. The molecule has 0 aliphatic carbocycles. The summed E-state index contributed by atoms with van der Waals surface area (Å²) < 4.78 is 46.6. The molecule has 2 heterocycles. The molecule has 1 N–H and O–H groups in total. The summed E-state index contributed by atoms with van der Waals surface area (Å²) in [5, 5.41) is 3.27. The number of hydrogen-bond acceptors (Lipinski definition) is 3. The van der Waals surface area contributed by atoms with Crippen molar-refractivity contribution < 1.29 is 27.5 Å². The topological polar surface area (TPSA) is 63.6 Å². The first-order valence-electron chi connectivity index (χ1n) is 12.1. The van der Waals surface area contributed by atoms with Gasteiger partial charge in [-0.25, -0.2) is 0 Å². The van der Waals surface area contributed by atoms with Crippen LogP contribution in [-0.2, 0) is 30.6 Å². The van der Waals surface area contributed by atoms with Gasteiger partial charge in [-0.15, -0.1) is 0 Å². The Kier molecular flexibility index (Phi) is 7.34. The second-order valence-electron chi connectivity index (χ2n) is 9.03. The number of benzene rings is 3. The molecular formula is C29H23ClF3N3O3. The Morgan fingerprint density at radius 1 is 0.923 bits per heavy atom. The van der Waals surface area contributed by atoms with E-state index in [4.69, 9.17) is 16.3 Å². The van der Waals surface area contributed by atoms with E-state index in [0.29, 0.717) is 34.3 Å². The van der Waals surface area contributed by atoms with Gasteiger partial charge in [0.25, 0.3) is 11.8 Å². The van der Waals surface area contributed by atoms with Gasteiger partial charge in [-0.2, -0.15) is 13.2 Å². The van der Waals surface area contributed by atoms with Gasteiger partial charge in [0.1, 0.15) is 11.4 Å². The number of nitrogens with zero attached hydrogens (tertiary/aromatic N) is 2. The molecule has 3 aromatic carbocycles. The molecule has 4 aromatic rings. The van der Waals surface area contributed by atoms with Crippen LogP contribution < -0.4 is 15.0 Å². The molecule has 1 aromatic heterocycles. The zero-order chi connectivity index (χ0) is 27.6. The first-order chi connectivity index (χ1) is 18.7. The molecule has 6 nitrogen and oxygen atoms in total. The fourth-order valence-electron chi connectivity index (χ4n) is 4.47. The van der Waals surface area contributed by atoms with Crippen molar-refractivity contribution in [1.82, 2.24) is 9.88 Å². The van der Waals surface area contributed by atoms with Crippen LogP contribution in [0, 0.1) is 0 Å². The molecule has 1 aliphatic rings. The maximum Gasteiger partial charge on any atom is 0.416 e. The quantitative estimate of drug-likeness (QED) is 0.315. The van der Waals surface area contributed by atoms with Gasteiger partial charge in [0.05, 0.1) is 18.7 Å². The SMILES string of the molecule is O=C(NCc1cccc(C(F)(F)F)c1)c1ccc2n1Cc1ccccc1N(C(=O)COc1ccc(Cl)cc1)C2. The minimum absolute atomic E-state index is 0.0630. The first-order valence-corrected chi connectivity index (χ1v) is 12.5. The van der Waals surface area contributed by atoms with E-state index in [1.54, 1.807) is 41.3 Å². The molecule has 5 rings (SSSR count). The molecule has 0 unspecified atom stereocenters. The Bertz CT molecular complexity index is 1520. The molecule has 2 amide bonds. The molecule has 1 aliphatic heterocycles. The number of fused-ring (bicyclic) bond motifs is 2. The minimum Gasteiger partial charge on any atom is -0.484 e. The van der Waals surface area contributed by atoms with Crippen molar-refractivity contribution in [3.8, 4) is 5.75 Å². The van der Waals surface area contributed by atoms with E-state index in [2.05, 4.69) is 5.32 Å². The standard InChI is InChI=1S/C29H23ClF3N3O3/c30-22-8-11-24(12-9-22)39-18-27(37)36-17-23-10-13-26(35(23)16-20-5-1-2-7-25(20)36)28(38)34-15-19-4-3-6-21(14-19)29(31,32)33/h1-14H,15-18H2,(H,34,38). The third-order valence-electron chi connectivity index (χ3n) is 6.42. The number of nitrogens with one attached hydrogen (secondary N) is 1. The third-order valence-corrected chi connectivity index (χ3v) is 6.67. The van der Waals surface area contributed by atoms with Crippen LogP contribution in [0.2, 0.25) is 5.02 Å². The lowest BCUT2D eigenvalue weighted by Gasteiger charge is -2.22. The van der Waals surface area contributed by atoms with Crippen molar-refractivity contribution in [2.45, 2.75) is 25.8 Å². The van der Waals surface area contributed by atoms with Crippen molar-refractivity contribution >= 4 is 29.1 Å². The smallest absolute Gasteiger partial charge is 0.416 e. The predicted octanol–water partition coefficient (Wildman–Crippen LogP) is 6.06. The van der Waals surface area contributed by atoms with Crippen molar-refractivity contribution in [3.05, 3.63) is 118 Å². The summed E-state index contributed by atoms with van der Waals surface area (Å²) >= 11 is 5.91. The summed E-state index contributed by atoms with van der Waals surface area (Å²) in [4.78, 5) is 28.0. The van der Waals surface area contributed by atoms with Gasteiger partial charge in [0, 0.05) is 22.9 Å². The van der Waals surface area contributed by atoms with Crippen LogP contribution in [0.15, 0.2) is 84.9 Å². The normalized spacial score (nSPS) is 12.8. The number of amides is 2. The summed E-state index contributed by atoms with van der Waals surface area (Å²) in [5.41, 5.74) is 2.19. The molecule has 200 valence electrons. The summed E-state index contributed by atoms with van der Waals surface area (Å²) in [7, 11) is 0. The summed E-state index contributed by atoms with van der Waals surface area (Å²) in [5.74, 6) is -0.177. The van der Waals surface area contributed by atoms with E-state index in [0.717, 1.165) is 23.4 Å². The number of halogens is 4. The van der Waals surface area contributed by atoms with Crippen molar-refractivity contribution in [2.24, 2.45) is 0 Å². The van der Waals surface area contributed by atoms with Crippen LogP contribution >= 0.6 is 11.6 Å². The maximum absolute atomic E-state index is 13.3. The number of carbonyl (C=O) groups is 2. The van der Waals surface area contributed by atoms with Crippen molar-refractivity contribution in [2.75, 3.05) is 11.5 Å². The van der Waals surface area contributed by atoms with E-state index >= 15 is 0 Å². The Hall–Kier alpha value is -4.24. The second-order valence-corrected chi connectivity index (χ2v) is 9.46. The summed E-state index contributed by atoms with van der Waals surface area (Å²) in [6.07, 6.45) is -4.46. The molecule has 0 radical (unpaired) electrons. The number of hydrogen-bond donors (Lipinski definition) is 1. The highest BCUT2D eigenvalue weighted by Crippen LogP contribution is 2.31. The van der Waals surface area contributed by atoms with Gasteiger partial charge < -0.3 is 19.5 Å². The highest BCUT2D eigenvalue weighted by Gasteiger charge is 2.30. The number of carbonyl (C=O) groups excluding carboxylic acids is 2. The molecule has 0 fully saturated rings. The van der Waals surface area contributed by atoms with E-state index in [1.165, 1.54) is 12.1 Å². The average molecular weight is 554 g/mol. The maximum atomic E-state index is 13.3. The van der Waals surface area contributed by atoms with Crippen LogP contribution in [0.1, 0.15) is 32.9 Å². The molecule has 0 saturated heterocycles. The second kappa shape index (κ2) is 10.9. The van der Waals surface area contributed by atoms with Crippen LogP contribution in [0.25, 0.3) is 0 Å². The minimum atomic E-state index is -4.46. The Morgan fingerprint density at radius 2 is 1.69 bits per heavy atom. The Morgan fingerprint density at radius 3 is 2.46 bits per heavy atom. The van der Waals surface area contributed by atoms with Crippen molar-refractivity contribution in [3.63, 3.8) is 0 Å². The lowest BCUT2D eigenvalue weighted by molar-refractivity contribution is -0.137. The number of alkyl halides is 3. The average Bonchev–Trinajstić information content (AvgIpc) is 3.24. The number of para-hydroxylation sites is 1. The first kappa shape index (κ1) is 26.4. The fraction of sp³-hybridized carbons (Fsp3) is 0.172. The van der Waals surface area contributed by atoms with Crippen LogP contribution in [0.4, 0.5) is 18.9 Å². The van der Waals surface area contributed by atoms with E-state index in [9.17, 15) is 22.8 Å². The summed E-state index contributed by atoms with van der Waals surface area (Å²) in [6, 6.07) is 22.4. The van der Waals surface area contributed by atoms with Gasteiger partial charge in [-0.1, -0.05) is 41.9 Å². The van der Waals surface area contributed by atoms with E-state index in [-0.39, 0.29) is 25.6 Å². The number of anilines is 1. The van der Waals surface area contributed by atoms with Gasteiger partial charge >= 0.3 is 6.18 Å². The fourth-order valence-corrected chi connectivity index (χ4v) is 4.59. The van der Waals surface area contributed by atoms with Gasteiger partial charge in [-0.05, 0) is 65.7 Å².